The van der Waals surface area contributed by atoms with Crippen molar-refractivity contribution in [1.82, 2.24) is 0 Å². The van der Waals surface area contributed by atoms with E-state index in [1.807, 2.05) is 0 Å². The standard InChI is InChI=1S/C14H20N2S/c1-11-6-8-16(9-7-11)13-4-3-5-14(17-2)12(13)10-15/h3-6H,7-10,15H2,1-2H3. The smallest absolute Gasteiger partial charge is 0.0426 e. The molecule has 0 aromatic heterocycles. The average molecular weight is 248 g/mol. The number of anilines is 1. The molecule has 1 aliphatic heterocycles. The fraction of sp³-hybridized carbons (Fsp3) is 0.429. The van der Waals surface area contributed by atoms with Gasteiger partial charge in [-0.25, -0.2) is 0 Å². The Morgan fingerprint density at radius 2 is 2.24 bits per heavy atom. The molecule has 3 heteroatoms. The largest absolute Gasteiger partial charge is 0.367 e. The maximum atomic E-state index is 5.91. The summed E-state index contributed by atoms with van der Waals surface area (Å²) in [5.41, 5.74) is 10.00. The van der Waals surface area contributed by atoms with Crippen LogP contribution in [0.4, 0.5) is 5.69 Å². The molecular weight excluding hydrogens is 228 g/mol. The third-order valence-electron chi connectivity index (χ3n) is 3.31. The van der Waals surface area contributed by atoms with Crippen molar-refractivity contribution in [3.05, 3.63) is 35.4 Å². The summed E-state index contributed by atoms with van der Waals surface area (Å²) in [5, 5.41) is 0. The highest BCUT2D eigenvalue weighted by Gasteiger charge is 2.14. The molecule has 0 fully saturated rings. The van der Waals surface area contributed by atoms with Crippen molar-refractivity contribution in [2.24, 2.45) is 5.73 Å². The van der Waals surface area contributed by atoms with Crippen LogP contribution in [0.1, 0.15) is 18.9 Å². The molecule has 0 saturated heterocycles. The molecule has 0 atom stereocenters. The van der Waals surface area contributed by atoms with Gasteiger partial charge in [-0.15, -0.1) is 11.8 Å². The zero-order valence-corrected chi connectivity index (χ0v) is 11.4. The van der Waals surface area contributed by atoms with Crippen molar-refractivity contribution < 1.29 is 0 Å². The van der Waals surface area contributed by atoms with Crippen LogP contribution in [0, 0.1) is 0 Å². The monoisotopic (exact) mass is 248 g/mol. The van der Waals surface area contributed by atoms with Gasteiger partial charge in [0.05, 0.1) is 0 Å². The first kappa shape index (κ1) is 12.5. The van der Waals surface area contributed by atoms with Crippen molar-refractivity contribution in [3.63, 3.8) is 0 Å². The summed E-state index contributed by atoms with van der Waals surface area (Å²) in [6.07, 6.45) is 5.58. The third kappa shape index (κ3) is 2.67. The van der Waals surface area contributed by atoms with E-state index in [1.54, 1.807) is 11.8 Å². The lowest BCUT2D eigenvalue weighted by Crippen LogP contribution is -2.29. The second-order valence-corrected chi connectivity index (χ2v) is 5.26. The van der Waals surface area contributed by atoms with Crippen molar-refractivity contribution in [1.29, 1.82) is 0 Å². The Labute approximate surface area is 108 Å². The summed E-state index contributed by atoms with van der Waals surface area (Å²) in [4.78, 5) is 3.73. The van der Waals surface area contributed by atoms with E-state index in [2.05, 4.69) is 42.4 Å². The highest BCUT2D eigenvalue weighted by atomic mass is 32.2. The van der Waals surface area contributed by atoms with Gasteiger partial charge in [0.2, 0.25) is 0 Å². The van der Waals surface area contributed by atoms with E-state index < -0.39 is 0 Å². The third-order valence-corrected chi connectivity index (χ3v) is 4.13. The second kappa shape index (κ2) is 5.61. The van der Waals surface area contributed by atoms with E-state index in [0.717, 1.165) is 19.5 Å². The summed E-state index contributed by atoms with van der Waals surface area (Å²) in [6.45, 7) is 4.94. The minimum absolute atomic E-state index is 0.617. The zero-order chi connectivity index (χ0) is 12.3. The van der Waals surface area contributed by atoms with E-state index >= 15 is 0 Å². The van der Waals surface area contributed by atoms with Gasteiger partial charge >= 0.3 is 0 Å². The van der Waals surface area contributed by atoms with Crippen LogP contribution >= 0.6 is 11.8 Å². The van der Waals surface area contributed by atoms with Crippen LogP contribution in [-0.2, 0) is 6.54 Å². The molecule has 1 aromatic carbocycles. The summed E-state index contributed by atoms with van der Waals surface area (Å²) in [5.74, 6) is 0. The van der Waals surface area contributed by atoms with Gasteiger partial charge in [0.25, 0.3) is 0 Å². The number of hydrogen-bond donors (Lipinski definition) is 1. The Morgan fingerprint density at radius 1 is 1.41 bits per heavy atom. The highest BCUT2D eigenvalue weighted by molar-refractivity contribution is 7.98. The van der Waals surface area contributed by atoms with Crippen LogP contribution in [0.15, 0.2) is 34.7 Å². The van der Waals surface area contributed by atoms with Gasteiger partial charge in [-0.3, -0.25) is 0 Å². The van der Waals surface area contributed by atoms with Gasteiger partial charge in [0, 0.05) is 35.8 Å². The number of thioether (sulfide) groups is 1. The Morgan fingerprint density at radius 3 is 2.82 bits per heavy atom. The Bertz CT molecular complexity index is 426. The molecule has 1 aromatic rings. The molecule has 0 radical (unpaired) electrons. The zero-order valence-electron chi connectivity index (χ0n) is 10.6. The van der Waals surface area contributed by atoms with Crippen LogP contribution in [0.25, 0.3) is 0 Å². The van der Waals surface area contributed by atoms with E-state index in [1.165, 1.54) is 21.7 Å². The number of benzene rings is 1. The molecule has 2 nitrogen and oxygen atoms in total. The van der Waals surface area contributed by atoms with Gasteiger partial charge < -0.3 is 10.6 Å². The van der Waals surface area contributed by atoms with E-state index in [4.69, 9.17) is 5.73 Å². The van der Waals surface area contributed by atoms with Crippen LogP contribution in [0.2, 0.25) is 0 Å². The first-order valence-corrected chi connectivity index (χ1v) is 7.25. The van der Waals surface area contributed by atoms with Crippen LogP contribution < -0.4 is 10.6 Å². The predicted octanol–water partition coefficient (Wildman–Crippen LogP) is 3.02. The van der Waals surface area contributed by atoms with Crippen molar-refractivity contribution >= 4 is 17.4 Å². The van der Waals surface area contributed by atoms with Crippen molar-refractivity contribution in [3.8, 4) is 0 Å². The lowest BCUT2D eigenvalue weighted by molar-refractivity contribution is 0.779. The molecule has 0 aliphatic carbocycles. The Balaban J connectivity index is 2.32. The first-order valence-electron chi connectivity index (χ1n) is 6.02. The van der Waals surface area contributed by atoms with Crippen LogP contribution in [0.3, 0.4) is 0 Å². The van der Waals surface area contributed by atoms with E-state index in [9.17, 15) is 0 Å². The molecule has 17 heavy (non-hydrogen) atoms. The quantitative estimate of drug-likeness (QED) is 0.658. The number of hydrogen-bond acceptors (Lipinski definition) is 3. The molecule has 2 rings (SSSR count). The fourth-order valence-electron chi connectivity index (χ4n) is 2.24. The molecule has 0 bridgehead atoms. The fourth-order valence-corrected chi connectivity index (χ4v) is 2.89. The van der Waals surface area contributed by atoms with Crippen molar-refractivity contribution in [2.45, 2.75) is 24.8 Å². The van der Waals surface area contributed by atoms with Gasteiger partial charge in [-0.05, 0) is 31.7 Å². The second-order valence-electron chi connectivity index (χ2n) is 4.41. The molecule has 0 amide bonds. The molecule has 2 N–H and O–H groups in total. The molecule has 1 aliphatic rings. The van der Waals surface area contributed by atoms with E-state index in [-0.39, 0.29) is 0 Å². The average Bonchev–Trinajstić information content (AvgIpc) is 2.38. The number of nitrogens with zero attached hydrogens (tertiary/aromatic N) is 1. The summed E-state index contributed by atoms with van der Waals surface area (Å²) in [7, 11) is 0. The maximum absolute atomic E-state index is 5.91. The lowest BCUT2D eigenvalue weighted by atomic mass is 10.1. The van der Waals surface area contributed by atoms with Gasteiger partial charge in [0.1, 0.15) is 0 Å². The normalized spacial score (nSPS) is 15.9. The van der Waals surface area contributed by atoms with Crippen LogP contribution in [-0.4, -0.2) is 19.3 Å². The minimum atomic E-state index is 0.617. The van der Waals surface area contributed by atoms with Gasteiger partial charge in [0.15, 0.2) is 0 Å². The van der Waals surface area contributed by atoms with Crippen molar-refractivity contribution in [2.75, 3.05) is 24.2 Å². The topological polar surface area (TPSA) is 29.3 Å². The number of rotatable bonds is 3. The molecular formula is C14H20N2S. The predicted molar refractivity (Wildman–Crippen MR) is 76.7 cm³/mol. The first-order chi connectivity index (χ1) is 8.26. The Kier molecular flexibility index (Phi) is 4.13. The maximum Gasteiger partial charge on any atom is 0.0426 e. The minimum Gasteiger partial charge on any atom is -0.367 e. The molecule has 1 heterocycles. The summed E-state index contributed by atoms with van der Waals surface area (Å²) >= 11 is 1.78. The lowest BCUT2D eigenvalue weighted by Gasteiger charge is -2.30. The SMILES string of the molecule is CSc1cccc(N2CC=C(C)CC2)c1CN. The number of nitrogens with two attached hydrogens (primary N) is 1. The highest BCUT2D eigenvalue weighted by Crippen LogP contribution is 2.30. The molecule has 0 unspecified atom stereocenters. The molecule has 92 valence electrons. The summed E-state index contributed by atoms with van der Waals surface area (Å²) < 4.78 is 0. The summed E-state index contributed by atoms with van der Waals surface area (Å²) in [6, 6.07) is 6.48. The van der Waals surface area contributed by atoms with Gasteiger partial charge in [-0.1, -0.05) is 17.7 Å². The van der Waals surface area contributed by atoms with Gasteiger partial charge in [-0.2, -0.15) is 0 Å². The van der Waals surface area contributed by atoms with E-state index in [0.29, 0.717) is 6.54 Å². The Hall–Kier alpha value is -0.930. The van der Waals surface area contributed by atoms with Crippen LogP contribution in [0.5, 0.6) is 0 Å². The molecule has 0 saturated carbocycles. The molecule has 0 spiro atoms.